The van der Waals surface area contributed by atoms with E-state index in [2.05, 4.69) is 10.1 Å². The number of rotatable bonds is 9. The molecule has 25 heavy (non-hydrogen) atoms. The molecule has 7 heteroatoms. The van der Waals surface area contributed by atoms with E-state index in [1.54, 1.807) is 31.4 Å². The Bertz CT molecular complexity index is 709. The number of nitrogens with two attached hydrogens (primary N) is 1. The zero-order valence-electron chi connectivity index (χ0n) is 14.0. The molecule has 2 aromatic carbocycles. The van der Waals surface area contributed by atoms with E-state index in [1.165, 1.54) is 6.07 Å². The number of methoxy groups -OCH3 is 1. The summed E-state index contributed by atoms with van der Waals surface area (Å²) in [5, 5.41) is 3.11. The van der Waals surface area contributed by atoms with Crippen LogP contribution in [0, 0.1) is 5.82 Å². The van der Waals surface area contributed by atoms with E-state index in [-0.39, 0.29) is 19.0 Å². The minimum Gasteiger partial charge on any atom is -0.493 e. The molecule has 0 saturated carbocycles. The minimum absolute atomic E-state index is 0.116. The first-order valence-corrected chi connectivity index (χ1v) is 7.76. The van der Waals surface area contributed by atoms with Crippen molar-refractivity contribution in [2.45, 2.75) is 13.2 Å². The number of ether oxygens (including phenoxy) is 3. The van der Waals surface area contributed by atoms with Crippen LogP contribution in [0.25, 0.3) is 0 Å². The zero-order chi connectivity index (χ0) is 18.1. The maximum absolute atomic E-state index is 13.6. The van der Waals surface area contributed by atoms with Crippen LogP contribution in [0.5, 0.6) is 11.5 Å². The van der Waals surface area contributed by atoms with Gasteiger partial charge >= 0.3 is 6.09 Å². The van der Waals surface area contributed by atoms with Gasteiger partial charge in [-0.1, -0.05) is 24.3 Å². The Hall–Kier alpha value is -2.80. The number of hydrogen-bond donors (Lipinski definition) is 2. The molecular weight excluding hydrogens is 327 g/mol. The molecule has 0 fully saturated rings. The number of halogens is 1. The Balaban J connectivity index is 1.90. The fourth-order valence-electron chi connectivity index (χ4n) is 2.17. The second kappa shape index (κ2) is 9.48. The van der Waals surface area contributed by atoms with Crippen LogP contribution in [0.15, 0.2) is 42.5 Å². The van der Waals surface area contributed by atoms with Crippen molar-refractivity contribution < 1.29 is 23.4 Å². The first-order chi connectivity index (χ1) is 12.1. The first kappa shape index (κ1) is 18.5. The molecular formula is C18H21FN2O4. The molecule has 1 amide bonds. The molecule has 0 aliphatic heterocycles. The summed E-state index contributed by atoms with van der Waals surface area (Å²) in [7, 11) is 1.54. The van der Waals surface area contributed by atoms with Gasteiger partial charge in [0.2, 0.25) is 0 Å². The van der Waals surface area contributed by atoms with Gasteiger partial charge in [0.25, 0.3) is 0 Å². The van der Waals surface area contributed by atoms with Crippen LogP contribution in [-0.4, -0.2) is 26.4 Å². The maximum atomic E-state index is 13.6. The second-order valence-corrected chi connectivity index (χ2v) is 5.21. The number of carbonyl (C=O) groups is 1. The second-order valence-electron chi connectivity index (χ2n) is 5.21. The molecule has 0 spiro atoms. The Labute approximate surface area is 145 Å². The van der Waals surface area contributed by atoms with E-state index in [1.807, 2.05) is 12.1 Å². The van der Waals surface area contributed by atoms with Crippen LogP contribution in [-0.2, 0) is 17.9 Å². The standard InChI is InChI=1S/C18H21FN2O4/c1-23-17-10-13(11-21-8-9-24-18(20)22)6-7-16(17)25-12-14-4-2-3-5-15(14)19/h2-7,10,21H,8-9,11-12H2,1H3,(H2,20,22). The monoisotopic (exact) mass is 348 g/mol. The fourth-order valence-corrected chi connectivity index (χ4v) is 2.17. The molecule has 0 atom stereocenters. The van der Waals surface area contributed by atoms with E-state index >= 15 is 0 Å². The molecule has 0 radical (unpaired) electrons. The summed E-state index contributed by atoms with van der Waals surface area (Å²) in [6, 6.07) is 11.9. The molecule has 6 nitrogen and oxygen atoms in total. The molecule has 0 unspecified atom stereocenters. The molecule has 2 aromatic rings. The Kier molecular flexibility index (Phi) is 7.03. The number of primary amides is 1. The summed E-state index contributed by atoms with van der Waals surface area (Å²) < 4.78 is 29.3. The highest BCUT2D eigenvalue weighted by Gasteiger charge is 2.08. The highest BCUT2D eigenvalue weighted by Crippen LogP contribution is 2.29. The van der Waals surface area contributed by atoms with Gasteiger partial charge in [-0.25, -0.2) is 9.18 Å². The van der Waals surface area contributed by atoms with Crippen molar-refractivity contribution in [3.63, 3.8) is 0 Å². The molecule has 0 heterocycles. The Morgan fingerprint density at radius 2 is 2.00 bits per heavy atom. The molecule has 0 bridgehead atoms. The predicted molar refractivity (Wildman–Crippen MR) is 91.0 cm³/mol. The van der Waals surface area contributed by atoms with E-state index in [9.17, 15) is 9.18 Å². The van der Waals surface area contributed by atoms with Gasteiger partial charge in [-0.2, -0.15) is 0 Å². The van der Waals surface area contributed by atoms with Crippen molar-refractivity contribution in [2.75, 3.05) is 20.3 Å². The van der Waals surface area contributed by atoms with Gasteiger partial charge in [0.05, 0.1) is 7.11 Å². The van der Waals surface area contributed by atoms with Crippen LogP contribution in [0.2, 0.25) is 0 Å². The summed E-state index contributed by atoms with van der Waals surface area (Å²) in [6.07, 6.45) is -0.792. The van der Waals surface area contributed by atoms with Crippen LogP contribution in [0.1, 0.15) is 11.1 Å². The third kappa shape index (κ3) is 5.96. The van der Waals surface area contributed by atoms with Gasteiger partial charge in [0.1, 0.15) is 19.0 Å². The Morgan fingerprint density at radius 1 is 1.20 bits per heavy atom. The third-order valence-corrected chi connectivity index (χ3v) is 3.42. The lowest BCUT2D eigenvalue weighted by molar-refractivity contribution is 0.157. The van der Waals surface area contributed by atoms with E-state index < -0.39 is 6.09 Å². The van der Waals surface area contributed by atoms with Gasteiger partial charge in [0.15, 0.2) is 11.5 Å². The van der Waals surface area contributed by atoms with Crippen LogP contribution >= 0.6 is 0 Å². The van der Waals surface area contributed by atoms with Crippen molar-refractivity contribution in [1.82, 2.24) is 5.32 Å². The first-order valence-electron chi connectivity index (χ1n) is 7.76. The topological polar surface area (TPSA) is 82.8 Å². The lowest BCUT2D eigenvalue weighted by atomic mass is 10.2. The highest BCUT2D eigenvalue weighted by atomic mass is 19.1. The Morgan fingerprint density at radius 3 is 2.72 bits per heavy atom. The lowest BCUT2D eigenvalue weighted by Crippen LogP contribution is -2.23. The molecule has 134 valence electrons. The van der Waals surface area contributed by atoms with Crippen LogP contribution in [0.3, 0.4) is 0 Å². The molecule has 3 N–H and O–H groups in total. The fraction of sp³-hybridized carbons (Fsp3) is 0.278. The van der Waals surface area contributed by atoms with E-state index in [0.29, 0.717) is 30.2 Å². The number of hydrogen-bond acceptors (Lipinski definition) is 5. The maximum Gasteiger partial charge on any atom is 0.404 e. The highest BCUT2D eigenvalue weighted by molar-refractivity contribution is 5.64. The average molecular weight is 348 g/mol. The largest absolute Gasteiger partial charge is 0.493 e. The number of benzene rings is 2. The van der Waals surface area contributed by atoms with E-state index in [4.69, 9.17) is 15.2 Å². The van der Waals surface area contributed by atoms with Crippen molar-refractivity contribution >= 4 is 6.09 Å². The minimum atomic E-state index is -0.792. The summed E-state index contributed by atoms with van der Waals surface area (Å²) >= 11 is 0. The summed E-state index contributed by atoms with van der Waals surface area (Å²) in [5.41, 5.74) is 6.32. The van der Waals surface area contributed by atoms with Crippen molar-refractivity contribution in [1.29, 1.82) is 0 Å². The SMILES string of the molecule is COc1cc(CNCCOC(N)=O)ccc1OCc1ccccc1F. The van der Waals surface area contributed by atoms with Gasteiger partial charge in [0, 0.05) is 18.7 Å². The molecule has 0 aliphatic carbocycles. The normalized spacial score (nSPS) is 10.3. The molecule has 0 aliphatic rings. The van der Waals surface area contributed by atoms with Crippen molar-refractivity contribution in [2.24, 2.45) is 5.73 Å². The predicted octanol–water partition coefficient (Wildman–Crippen LogP) is 2.60. The lowest BCUT2D eigenvalue weighted by Gasteiger charge is -2.13. The van der Waals surface area contributed by atoms with Crippen LogP contribution < -0.4 is 20.5 Å². The number of carbonyl (C=O) groups excluding carboxylic acids is 1. The van der Waals surface area contributed by atoms with Crippen LogP contribution in [0.4, 0.5) is 9.18 Å². The summed E-state index contributed by atoms with van der Waals surface area (Å²) in [4.78, 5) is 10.5. The average Bonchev–Trinajstić information content (AvgIpc) is 2.61. The summed E-state index contributed by atoms with van der Waals surface area (Å²) in [6.45, 7) is 1.37. The van der Waals surface area contributed by atoms with Crippen molar-refractivity contribution in [3.8, 4) is 11.5 Å². The quantitative estimate of drug-likeness (QED) is 0.681. The number of amides is 1. The van der Waals surface area contributed by atoms with Gasteiger partial charge in [-0.05, 0) is 23.8 Å². The molecule has 2 rings (SSSR count). The summed E-state index contributed by atoms with van der Waals surface area (Å²) in [5.74, 6) is 0.788. The zero-order valence-corrected chi connectivity index (χ0v) is 14.0. The van der Waals surface area contributed by atoms with Crippen molar-refractivity contribution in [3.05, 3.63) is 59.4 Å². The third-order valence-electron chi connectivity index (χ3n) is 3.42. The van der Waals surface area contributed by atoms with Gasteiger partial charge in [-0.15, -0.1) is 0 Å². The van der Waals surface area contributed by atoms with E-state index in [0.717, 1.165) is 5.56 Å². The van der Waals surface area contributed by atoms with Gasteiger partial charge in [-0.3, -0.25) is 0 Å². The number of nitrogens with one attached hydrogen (secondary N) is 1. The molecule has 0 aromatic heterocycles. The smallest absolute Gasteiger partial charge is 0.404 e. The molecule has 0 saturated heterocycles. The van der Waals surface area contributed by atoms with Gasteiger partial charge < -0.3 is 25.3 Å².